The fraction of sp³-hybridized carbons (Fsp3) is 0.692. The number of nitrogens with one attached hydrogen (secondary N) is 1. The molecule has 0 saturated carbocycles. The van der Waals surface area contributed by atoms with E-state index < -0.39 is 10.0 Å². The minimum absolute atomic E-state index is 0.337. The number of aryl methyl sites for hydroxylation is 2. The van der Waals surface area contributed by atoms with Crippen LogP contribution in [-0.2, 0) is 10.0 Å². The van der Waals surface area contributed by atoms with Crippen LogP contribution >= 0.6 is 11.3 Å². The number of thiophene rings is 1. The predicted molar refractivity (Wildman–Crippen MR) is 77.1 cm³/mol. The lowest BCUT2D eigenvalue weighted by molar-refractivity contribution is 0.384. The van der Waals surface area contributed by atoms with Gasteiger partial charge in [-0.25, -0.2) is 8.42 Å². The maximum atomic E-state index is 12.8. The van der Waals surface area contributed by atoms with Gasteiger partial charge in [0, 0.05) is 30.1 Å². The van der Waals surface area contributed by atoms with Crippen LogP contribution in [0.4, 0.5) is 0 Å². The van der Waals surface area contributed by atoms with Crippen molar-refractivity contribution in [3.8, 4) is 0 Å². The third-order valence-corrected chi connectivity index (χ3v) is 7.69. The van der Waals surface area contributed by atoms with Crippen LogP contribution in [0.1, 0.15) is 29.7 Å². The third-order valence-electron chi connectivity index (χ3n) is 4.06. The quantitative estimate of drug-likeness (QED) is 0.907. The van der Waals surface area contributed by atoms with E-state index in [9.17, 15) is 8.42 Å². The Kier molecular flexibility index (Phi) is 3.45. The van der Waals surface area contributed by atoms with E-state index >= 15 is 0 Å². The summed E-state index contributed by atoms with van der Waals surface area (Å²) in [6, 6.07) is 2.81. The van der Waals surface area contributed by atoms with E-state index in [1.807, 2.05) is 19.9 Å². The van der Waals surface area contributed by atoms with Crippen LogP contribution in [0.15, 0.2) is 10.3 Å². The van der Waals surface area contributed by atoms with Gasteiger partial charge >= 0.3 is 0 Å². The summed E-state index contributed by atoms with van der Waals surface area (Å²) in [7, 11) is -3.31. The van der Waals surface area contributed by atoms with Crippen LogP contribution in [-0.4, -0.2) is 37.9 Å². The second-order valence-electron chi connectivity index (χ2n) is 5.62. The van der Waals surface area contributed by atoms with Gasteiger partial charge < -0.3 is 5.32 Å². The predicted octanol–water partition coefficient (Wildman–Crippen LogP) is 1.88. The average molecular weight is 300 g/mol. The molecule has 0 amide bonds. The van der Waals surface area contributed by atoms with Crippen molar-refractivity contribution in [2.24, 2.45) is 0 Å². The zero-order chi connectivity index (χ0) is 13.6. The number of rotatable bonds is 2. The summed E-state index contributed by atoms with van der Waals surface area (Å²) in [5, 5.41) is 3.52. The molecule has 19 heavy (non-hydrogen) atoms. The first-order chi connectivity index (χ1) is 8.96. The second-order valence-corrected chi connectivity index (χ2v) is 9.01. The highest BCUT2D eigenvalue weighted by atomic mass is 32.2. The highest BCUT2D eigenvalue weighted by Crippen LogP contribution is 2.31. The molecule has 2 saturated heterocycles. The molecule has 2 unspecified atom stereocenters. The molecule has 2 aliphatic rings. The van der Waals surface area contributed by atoms with Gasteiger partial charge in [0.05, 0.1) is 0 Å². The van der Waals surface area contributed by atoms with Crippen molar-refractivity contribution < 1.29 is 8.42 Å². The molecule has 2 fully saturated rings. The lowest BCUT2D eigenvalue weighted by Gasteiger charge is -2.23. The Balaban J connectivity index is 1.90. The Morgan fingerprint density at radius 1 is 1.26 bits per heavy atom. The van der Waals surface area contributed by atoms with Crippen LogP contribution in [0.25, 0.3) is 0 Å². The molecule has 1 N–H and O–H groups in total. The summed E-state index contributed by atoms with van der Waals surface area (Å²) >= 11 is 1.39. The van der Waals surface area contributed by atoms with Crippen molar-refractivity contribution in [2.45, 2.75) is 49.4 Å². The number of hydrogen-bond donors (Lipinski definition) is 1. The van der Waals surface area contributed by atoms with E-state index in [0.29, 0.717) is 29.4 Å². The molecular formula is C13H20N2O2S2. The first-order valence-corrected chi connectivity index (χ1v) is 9.05. The smallest absolute Gasteiger partial charge is 0.252 e. The fourth-order valence-corrected chi connectivity index (χ4v) is 6.42. The number of sulfonamides is 1. The number of nitrogens with zero attached hydrogens (tertiary/aromatic N) is 1. The monoisotopic (exact) mass is 300 g/mol. The van der Waals surface area contributed by atoms with Gasteiger partial charge in [-0.15, -0.1) is 11.3 Å². The van der Waals surface area contributed by atoms with Crippen LogP contribution in [0.2, 0.25) is 0 Å². The summed E-state index contributed by atoms with van der Waals surface area (Å²) in [5.74, 6) is 0. The van der Waals surface area contributed by atoms with Gasteiger partial charge in [-0.05, 0) is 44.7 Å². The third kappa shape index (κ3) is 2.46. The second kappa shape index (κ2) is 4.84. The first-order valence-electron chi connectivity index (χ1n) is 6.80. The summed E-state index contributed by atoms with van der Waals surface area (Å²) in [6.45, 7) is 5.11. The highest BCUT2D eigenvalue weighted by Gasteiger charge is 2.36. The number of hydrogen-bond acceptors (Lipinski definition) is 4. The molecule has 0 radical (unpaired) electrons. The summed E-state index contributed by atoms with van der Waals surface area (Å²) in [5.41, 5.74) is 0.880. The average Bonchev–Trinajstić information content (AvgIpc) is 2.81. The van der Waals surface area contributed by atoms with Gasteiger partial charge in [0.1, 0.15) is 4.21 Å². The van der Waals surface area contributed by atoms with Crippen LogP contribution in [0.5, 0.6) is 0 Å². The van der Waals surface area contributed by atoms with E-state index in [4.69, 9.17) is 0 Å². The van der Waals surface area contributed by atoms with Crippen molar-refractivity contribution in [2.75, 3.05) is 13.1 Å². The molecular weight excluding hydrogens is 280 g/mol. The molecule has 6 heteroatoms. The number of fused-ring (bicyclic) bond motifs is 2. The molecule has 106 valence electrons. The Bertz CT molecular complexity index is 579. The van der Waals surface area contributed by atoms with Crippen LogP contribution < -0.4 is 5.32 Å². The fourth-order valence-electron chi connectivity index (χ4n) is 3.12. The zero-order valence-electron chi connectivity index (χ0n) is 11.3. The molecule has 3 heterocycles. The van der Waals surface area contributed by atoms with E-state index in [2.05, 4.69) is 5.32 Å². The molecule has 1 aromatic heterocycles. The van der Waals surface area contributed by atoms with Gasteiger partial charge in [-0.1, -0.05) is 0 Å². The maximum Gasteiger partial charge on any atom is 0.252 e. The van der Waals surface area contributed by atoms with E-state index in [0.717, 1.165) is 23.3 Å². The highest BCUT2D eigenvalue weighted by molar-refractivity contribution is 7.91. The zero-order valence-corrected chi connectivity index (χ0v) is 13.0. The molecule has 4 nitrogen and oxygen atoms in total. The molecule has 3 rings (SSSR count). The molecule has 2 atom stereocenters. The van der Waals surface area contributed by atoms with Gasteiger partial charge in [0.25, 0.3) is 10.0 Å². The van der Waals surface area contributed by atoms with Gasteiger partial charge in [0.2, 0.25) is 0 Å². The summed E-state index contributed by atoms with van der Waals surface area (Å²) < 4.78 is 27.7. The topological polar surface area (TPSA) is 49.4 Å². The van der Waals surface area contributed by atoms with Crippen molar-refractivity contribution >= 4 is 21.4 Å². The normalized spacial score (nSPS) is 28.5. The van der Waals surface area contributed by atoms with Crippen LogP contribution in [0, 0.1) is 13.8 Å². The van der Waals surface area contributed by atoms with E-state index in [-0.39, 0.29) is 0 Å². The minimum Gasteiger partial charge on any atom is -0.310 e. The van der Waals surface area contributed by atoms with Crippen molar-refractivity contribution in [1.29, 1.82) is 0 Å². The Morgan fingerprint density at radius 3 is 2.68 bits per heavy atom. The van der Waals surface area contributed by atoms with E-state index in [1.54, 1.807) is 4.31 Å². The Hall–Kier alpha value is -0.430. The van der Waals surface area contributed by atoms with E-state index in [1.165, 1.54) is 17.8 Å². The standard InChI is InChI=1S/C13H20N2O2S2/c1-9-7-10(2)18-13(9)19(16,17)15-6-5-11-3-4-12(8-15)14-11/h7,11-12,14H,3-6,8H2,1-2H3. The molecule has 2 aliphatic heterocycles. The van der Waals surface area contributed by atoms with Crippen molar-refractivity contribution in [3.63, 3.8) is 0 Å². The molecule has 2 bridgehead atoms. The Morgan fingerprint density at radius 2 is 2.00 bits per heavy atom. The van der Waals surface area contributed by atoms with Crippen molar-refractivity contribution in [3.05, 3.63) is 16.5 Å². The molecule has 0 spiro atoms. The lowest BCUT2D eigenvalue weighted by atomic mass is 10.1. The largest absolute Gasteiger partial charge is 0.310 e. The van der Waals surface area contributed by atoms with Crippen LogP contribution in [0.3, 0.4) is 0 Å². The molecule has 0 aromatic carbocycles. The van der Waals surface area contributed by atoms with Crippen molar-refractivity contribution in [1.82, 2.24) is 9.62 Å². The minimum atomic E-state index is -3.31. The molecule has 0 aliphatic carbocycles. The maximum absolute atomic E-state index is 12.8. The lowest BCUT2D eigenvalue weighted by Crippen LogP contribution is -2.38. The molecule has 1 aromatic rings. The van der Waals surface area contributed by atoms with Gasteiger partial charge in [-0.3, -0.25) is 0 Å². The summed E-state index contributed by atoms with van der Waals surface area (Å²) in [4.78, 5) is 1.06. The summed E-state index contributed by atoms with van der Waals surface area (Å²) in [6.07, 6.45) is 3.22. The van der Waals surface area contributed by atoms with Gasteiger partial charge in [-0.2, -0.15) is 4.31 Å². The first kappa shape index (κ1) is 13.5. The SMILES string of the molecule is Cc1cc(C)c(S(=O)(=O)N2CCC3CCC(C2)N3)s1. The Labute approximate surface area is 118 Å². The van der Waals surface area contributed by atoms with Gasteiger partial charge in [0.15, 0.2) is 0 Å².